The van der Waals surface area contributed by atoms with Crippen LogP contribution in [0.2, 0.25) is 0 Å². The van der Waals surface area contributed by atoms with E-state index in [-0.39, 0.29) is 0 Å². The second-order valence-electron chi connectivity index (χ2n) is 6.09. The van der Waals surface area contributed by atoms with Gasteiger partial charge in [-0.2, -0.15) is 5.10 Å². The van der Waals surface area contributed by atoms with Crippen LogP contribution >= 0.6 is 15.9 Å². The molecular weight excluding hydrogens is 302 g/mol. The molecule has 108 valence electrons. The van der Waals surface area contributed by atoms with Crippen LogP contribution in [-0.2, 0) is 19.4 Å². The summed E-state index contributed by atoms with van der Waals surface area (Å²) in [5.41, 5.74) is 3.07. The second kappa shape index (κ2) is 5.96. The zero-order valence-corrected chi connectivity index (χ0v) is 14.2. The number of hydrogen-bond acceptors (Lipinski definition) is 2. The summed E-state index contributed by atoms with van der Waals surface area (Å²) in [5.74, 6) is 0. The SMILES string of the molecule is CCc1nn(CC)c(CC2(CNC(C)C)CC2)c1Br. The Kier molecular flexibility index (Phi) is 4.72. The van der Waals surface area contributed by atoms with Crippen molar-refractivity contribution in [2.75, 3.05) is 6.54 Å². The van der Waals surface area contributed by atoms with Crippen LogP contribution in [0.4, 0.5) is 0 Å². The summed E-state index contributed by atoms with van der Waals surface area (Å²) in [6.45, 7) is 10.9. The Morgan fingerprint density at radius 1 is 1.37 bits per heavy atom. The van der Waals surface area contributed by atoms with Gasteiger partial charge in [0.2, 0.25) is 0 Å². The van der Waals surface area contributed by atoms with Gasteiger partial charge in [-0.15, -0.1) is 0 Å². The highest BCUT2D eigenvalue weighted by molar-refractivity contribution is 9.10. The smallest absolute Gasteiger partial charge is 0.0766 e. The lowest BCUT2D eigenvalue weighted by Gasteiger charge is -2.19. The lowest BCUT2D eigenvalue weighted by atomic mass is 9.99. The fourth-order valence-electron chi connectivity index (χ4n) is 2.55. The number of rotatable bonds is 7. The van der Waals surface area contributed by atoms with Gasteiger partial charge in [0.25, 0.3) is 0 Å². The molecule has 1 aliphatic rings. The monoisotopic (exact) mass is 327 g/mol. The number of aryl methyl sites for hydroxylation is 2. The maximum Gasteiger partial charge on any atom is 0.0766 e. The zero-order valence-electron chi connectivity index (χ0n) is 12.6. The fraction of sp³-hybridized carbons (Fsp3) is 0.800. The summed E-state index contributed by atoms with van der Waals surface area (Å²) in [7, 11) is 0. The van der Waals surface area contributed by atoms with Crippen molar-refractivity contribution < 1.29 is 0 Å². The number of nitrogens with one attached hydrogen (secondary N) is 1. The van der Waals surface area contributed by atoms with Gasteiger partial charge in [-0.3, -0.25) is 4.68 Å². The van der Waals surface area contributed by atoms with E-state index in [1.54, 1.807) is 0 Å². The molecule has 3 nitrogen and oxygen atoms in total. The predicted molar refractivity (Wildman–Crippen MR) is 83.5 cm³/mol. The van der Waals surface area contributed by atoms with E-state index in [1.165, 1.54) is 28.7 Å². The van der Waals surface area contributed by atoms with Crippen LogP contribution in [0.3, 0.4) is 0 Å². The van der Waals surface area contributed by atoms with Gasteiger partial charge in [-0.05, 0) is 54.0 Å². The first-order valence-electron chi connectivity index (χ1n) is 7.48. The van der Waals surface area contributed by atoms with Gasteiger partial charge >= 0.3 is 0 Å². The van der Waals surface area contributed by atoms with E-state index in [1.807, 2.05) is 0 Å². The first-order chi connectivity index (χ1) is 9.01. The third-order valence-corrected chi connectivity index (χ3v) is 4.99. The van der Waals surface area contributed by atoms with Crippen molar-refractivity contribution in [2.45, 2.75) is 66.0 Å². The minimum atomic E-state index is 0.477. The quantitative estimate of drug-likeness (QED) is 0.830. The second-order valence-corrected chi connectivity index (χ2v) is 6.88. The number of nitrogens with zero attached hydrogens (tertiary/aromatic N) is 2. The Bertz CT molecular complexity index is 433. The maximum absolute atomic E-state index is 4.70. The van der Waals surface area contributed by atoms with Crippen molar-refractivity contribution in [2.24, 2.45) is 5.41 Å². The molecule has 1 aromatic heterocycles. The van der Waals surface area contributed by atoms with E-state index >= 15 is 0 Å². The first kappa shape index (κ1) is 15.0. The standard InChI is InChI=1S/C15H26BrN3/c1-5-12-14(16)13(19(6-2)18-12)9-15(7-8-15)10-17-11(3)4/h11,17H,5-10H2,1-4H3. The van der Waals surface area contributed by atoms with Crippen LogP contribution in [0.15, 0.2) is 4.47 Å². The molecule has 0 radical (unpaired) electrons. The molecule has 1 aliphatic carbocycles. The van der Waals surface area contributed by atoms with E-state index < -0.39 is 0 Å². The Morgan fingerprint density at radius 2 is 2.05 bits per heavy atom. The summed E-state index contributed by atoms with van der Waals surface area (Å²) < 4.78 is 3.42. The van der Waals surface area contributed by atoms with Crippen LogP contribution in [0, 0.1) is 5.41 Å². The Labute approximate surface area is 125 Å². The molecule has 0 atom stereocenters. The summed E-state index contributed by atoms with van der Waals surface area (Å²) in [5, 5.41) is 8.30. The molecule has 0 unspecified atom stereocenters. The average molecular weight is 328 g/mol. The minimum Gasteiger partial charge on any atom is -0.314 e. The predicted octanol–water partition coefficient (Wildman–Crippen LogP) is 3.55. The number of aromatic nitrogens is 2. The maximum atomic E-state index is 4.70. The van der Waals surface area contributed by atoms with Crippen LogP contribution < -0.4 is 5.32 Å². The van der Waals surface area contributed by atoms with Crippen molar-refractivity contribution in [3.63, 3.8) is 0 Å². The van der Waals surface area contributed by atoms with E-state index in [0.29, 0.717) is 11.5 Å². The van der Waals surface area contributed by atoms with E-state index in [9.17, 15) is 0 Å². The molecule has 0 bridgehead atoms. The van der Waals surface area contributed by atoms with E-state index in [0.717, 1.165) is 25.9 Å². The number of halogens is 1. The molecule has 1 heterocycles. The Morgan fingerprint density at radius 3 is 2.53 bits per heavy atom. The summed E-state index contributed by atoms with van der Waals surface area (Å²) in [4.78, 5) is 0. The molecule has 1 fully saturated rings. The highest BCUT2D eigenvalue weighted by Gasteiger charge is 2.43. The van der Waals surface area contributed by atoms with Crippen LogP contribution in [0.1, 0.15) is 51.9 Å². The fourth-order valence-corrected chi connectivity index (χ4v) is 3.26. The average Bonchev–Trinajstić information content (AvgIpc) is 3.09. The van der Waals surface area contributed by atoms with Gasteiger partial charge in [-0.25, -0.2) is 0 Å². The summed E-state index contributed by atoms with van der Waals surface area (Å²) in [6, 6.07) is 0.572. The molecule has 2 rings (SSSR count). The molecule has 1 N–H and O–H groups in total. The lowest BCUT2D eigenvalue weighted by Crippen LogP contribution is -2.31. The Balaban J connectivity index is 2.12. The van der Waals surface area contributed by atoms with E-state index in [4.69, 9.17) is 5.10 Å². The molecule has 0 amide bonds. The van der Waals surface area contributed by atoms with Gasteiger partial charge in [0.15, 0.2) is 0 Å². The molecule has 1 saturated carbocycles. The van der Waals surface area contributed by atoms with Crippen LogP contribution in [0.25, 0.3) is 0 Å². The zero-order chi connectivity index (χ0) is 14.0. The largest absolute Gasteiger partial charge is 0.314 e. The van der Waals surface area contributed by atoms with Gasteiger partial charge in [0.05, 0.1) is 15.9 Å². The van der Waals surface area contributed by atoms with Gasteiger partial charge in [0, 0.05) is 19.1 Å². The third kappa shape index (κ3) is 3.40. The molecule has 19 heavy (non-hydrogen) atoms. The van der Waals surface area contributed by atoms with Crippen LogP contribution in [0.5, 0.6) is 0 Å². The summed E-state index contributed by atoms with van der Waals surface area (Å²) >= 11 is 3.76. The van der Waals surface area contributed by atoms with Crippen molar-refractivity contribution >= 4 is 15.9 Å². The topological polar surface area (TPSA) is 29.9 Å². The van der Waals surface area contributed by atoms with Crippen LogP contribution in [-0.4, -0.2) is 22.4 Å². The molecule has 4 heteroatoms. The van der Waals surface area contributed by atoms with Gasteiger partial charge in [0.1, 0.15) is 0 Å². The summed E-state index contributed by atoms with van der Waals surface area (Å²) in [6.07, 6.45) is 4.83. The van der Waals surface area contributed by atoms with Crippen molar-refractivity contribution in [3.05, 3.63) is 15.9 Å². The van der Waals surface area contributed by atoms with Crippen molar-refractivity contribution in [1.29, 1.82) is 0 Å². The number of hydrogen-bond donors (Lipinski definition) is 1. The van der Waals surface area contributed by atoms with Gasteiger partial charge < -0.3 is 5.32 Å². The third-order valence-electron chi connectivity index (χ3n) is 4.08. The molecule has 0 spiro atoms. The molecule has 1 aromatic rings. The first-order valence-corrected chi connectivity index (χ1v) is 8.28. The molecule has 0 aliphatic heterocycles. The van der Waals surface area contributed by atoms with E-state index in [2.05, 4.69) is 53.6 Å². The molecular formula is C15H26BrN3. The van der Waals surface area contributed by atoms with Gasteiger partial charge in [-0.1, -0.05) is 20.8 Å². The van der Waals surface area contributed by atoms with Crippen molar-refractivity contribution in [3.8, 4) is 0 Å². The lowest BCUT2D eigenvalue weighted by molar-refractivity contribution is 0.415. The molecule has 0 aromatic carbocycles. The van der Waals surface area contributed by atoms with Crippen molar-refractivity contribution in [1.82, 2.24) is 15.1 Å². The Hall–Kier alpha value is -0.350. The highest BCUT2D eigenvalue weighted by atomic mass is 79.9. The normalized spacial score (nSPS) is 17.2. The highest BCUT2D eigenvalue weighted by Crippen LogP contribution is 2.49. The molecule has 0 saturated heterocycles. The minimum absolute atomic E-state index is 0.477.